The van der Waals surface area contributed by atoms with Crippen molar-refractivity contribution in [2.75, 3.05) is 13.7 Å². The van der Waals surface area contributed by atoms with Crippen LogP contribution in [0.1, 0.15) is 55.1 Å². The minimum absolute atomic E-state index is 0.386. The first-order valence-corrected chi connectivity index (χ1v) is 10.1. The van der Waals surface area contributed by atoms with Crippen LogP contribution in [-0.2, 0) is 6.42 Å². The second-order valence-electron chi connectivity index (χ2n) is 7.29. The fraction of sp³-hybridized carbons (Fsp3) is 0.550. The van der Waals surface area contributed by atoms with Crippen LogP contribution < -0.4 is 10.1 Å². The molecule has 0 amide bonds. The Kier molecular flexibility index (Phi) is 4.80. The average molecular weight is 359 g/mol. The van der Waals surface area contributed by atoms with E-state index >= 15 is 0 Å². The molecular formula is C20H26N2O2S. The maximum Gasteiger partial charge on any atom is 0.123 e. The molecule has 1 atom stereocenters. The van der Waals surface area contributed by atoms with Gasteiger partial charge < -0.3 is 15.2 Å². The maximum atomic E-state index is 10.3. The smallest absolute Gasteiger partial charge is 0.123 e. The van der Waals surface area contributed by atoms with Crippen LogP contribution in [-0.4, -0.2) is 29.3 Å². The lowest BCUT2D eigenvalue weighted by atomic mass is 9.78. The Morgan fingerprint density at radius 1 is 1.28 bits per heavy atom. The Morgan fingerprint density at radius 2 is 2.08 bits per heavy atom. The molecule has 1 aromatic carbocycles. The molecule has 2 aliphatic rings. The molecule has 2 aromatic rings. The number of aromatic nitrogens is 1. The summed E-state index contributed by atoms with van der Waals surface area (Å²) in [5.74, 6) is 0.874. The van der Waals surface area contributed by atoms with Gasteiger partial charge in [-0.05, 0) is 75.8 Å². The molecular weight excluding hydrogens is 332 g/mol. The Bertz CT molecular complexity index is 722. The lowest BCUT2D eigenvalue weighted by Gasteiger charge is -2.37. The lowest BCUT2D eigenvalue weighted by Crippen LogP contribution is -2.40. The summed E-state index contributed by atoms with van der Waals surface area (Å²) in [5.41, 5.74) is 2.01. The Labute approximate surface area is 153 Å². The van der Waals surface area contributed by atoms with Crippen molar-refractivity contribution in [1.29, 1.82) is 0 Å². The zero-order valence-electron chi connectivity index (χ0n) is 14.8. The van der Waals surface area contributed by atoms with Crippen LogP contribution in [0.5, 0.6) is 5.75 Å². The van der Waals surface area contributed by atoms with E-state index in [1.807, 2.05) is 23.5 Å². The Hall–Kier alpha value is -1.43. The minimum atomic E-state index is -0.396. The number of nitrogens with one attached hydrogen (secondary N) is 1. The first kappa shape index (κ1) is 17.0. The second-order valence-corrected chi connectivity index (χ2v) is 8.32. The average Bonchev–Trinajstić information content (AvgIpc) is 3.05. The van der Waals surface area contributed by atoms with Crippen molar-refractivity contribution in [1.82, 2.24) is 10.3 Å². The van der Waals surface area contributed by atoms with E-state index in [4.69, 9.17) is 9.72 Å². The van der Waals surface area contributed by atoms with Gasteiger partial charge in [0.25, 0.3) is 0 Å². The van der Waals surface area contributed by atoms with Gasteiger partial charge in [-0.15, -0.1) is 11.3 Å². The molecule has 0 radical (unpaired) electrons. The van der Waals surface area contributed by atoms with Crippen LogP contribution >= 0.6 is 11.3 Å². The van der Waals surface area contributed by atoms with Gasteiger partial charge in [0.2, 0.25) is 0 Å². The number of rotatable bonds is 6. The minimum Gasteiger partial charge on any atom is -0.497 e. The van der Waals surface area contributed by atoms with Gasteiger partial charge in [0.1, 0.15) is 10.8 Å². The van der Waals surface area contributed by atoms with Gasteiger partial charge in [-0.25, -0.2) is 4.98 Å². The van der Waals surface area contributed by atoms with Crippen molar-refractivity contribution < 1.29 is 9.84 Å². The number of aryl methyl sites for hydroxylation is 1. The third-order valence-corrected chi connectivity index (χ3v) is 6.81. The van der Waals surface area contributed by atoms with E-state index < -0.39 is 5.60 Å². The predicted octanol–water partition coefficient (Wildman–Crippen LogP) is 4.09. The molecule has 0 spiro atoms. The molecule has 1 unspecified atom stereocenters. The quantitative estimate of drug-likeness (QED) is 0.817. The standard InChI is InChI=1S/C20H26N2O2S/c1-24-15-8-6-14(7-9-15)19-22-17-5-2-4-16(18(17)25-19)21-13-12-20(23)10-3-11-20/h6-9,16,21,23H,2-5,10-13H2,1H3. The number of methoxy groups -OCH3 is 1. The highest BCUT2D eigenvalue weighted by Gasteiger charge is 2.34. The predicted molar refractivity (Wildman–Crippen MR) is 101 cm³/mol. The molecule has 0 aliphatic heterocycles. The van der Waals surface area contributed by atoms with Crippen molar-refractivity contribution in [2.24, 2.45) is 0 Å². The molecule has 4 nitrogen and oxygen atoms in total. The highest BCUT2D eigenvalue weighted by molar-refractivity contribution is 7.15. The van der Waals surface area contributed by atoms with Gasteiger partial charge in [0.15, 0.2) is 0 Å². The van der Waals surface area contributed by atoms with E-state index in [0.29, 0.717) is 6.04 Å². The van der Waals surface area contributed by atoms with Crippen LogP contribution in [0.15, 0.2) is 24.3 Å². The number of fused-ring (bicyclic) bond motifs is 1. The van der Waals surface area contributed by atoms with Crippen LogP contribution in [0.2, 0.25) is 0 Å². The summed E-state index contributed by atoms with van der Waals surface area (Å²) >= 11 is 1.81. The van der Waals surface area contributed by atoms with E-state index in [1.165, 1.54) is 23.4 Å². The summed E-state index contributed by atoms with van der Waals surface area (Å²) in [6.45, 7) is 0.885. The number of hydrogen-bond acceptors (Lipinski definition) is 5. The summed E-state index contributed by atoms with van der Waals surface area (Å²) in [7, 11) is 1.69. The molecule has 5 heteroatoms. The Balaban J connectivity index is 1.46. The van der Waals surface area contributed by atoms with Gasteiger partial charge in [-0.2, -0.15) is 0 Å². The fourth-order valence-corrected chi connectivity index (χ4v) is 5.01. The maximum absolute atomic E-state index is 10.3. The zero-order chi connectivity index (χ0) is 17.3. The first-order chi connectivity index (χ1) is 12.2. The number of benzene rings is 1. The molecule has 1 saturated carbocycles. The van der Waals surface area contributed by atoms with E-state index in [0.717, 1.165) is 55.0 Å². The highest BCUT2D eigenvalue weighted by Crippen LogP contribution is 2.39. The summed E-state index contributed by atoms with van der Waals surface area (Å²) in [4.78, 5) is 6.29. The highest BCUT2D eigenvalue weighted by atomic mass is 32.1. The lowest BCUT2D eigenvalue weighted by molar-refractivity contribution is -0.0399. The summed E-state index contributed by atoms with van der Waals surface area (Å²) in [5, 5.41) is 15.0. The Morgan fingerprint density at radius 3 is 2.76 bits per heavy atom. The number of aliphatic hydroxyl groups is 1. The SMILES string of the molecule is COc1ccc(-c2nc3c(s2)C(NCCC2(O)CCC2)CCC3)cc1. The molecule has 0 saturated heterocycles. The molecule has 25 heavy (non-hydrogen) atoms. The molecule has 4 rings (SSSR count). The summed E-state index contributed by atoms with van der Waals surface area (Å²) in [6, 6.07) is 8.53. The number of ether oxygens (including phenoxy) is 1. The van der Waals surface area contributed by atoms with Crippen molar-refractivity contribution in [3.8, 4) is 16.3 Å². The van der Waals surface area contributed by atoms with Crippen LogP contribution in [0.3, 0.4) is 0 Å². The van der Waals surface area contributed by atoms with E-state index in [-0.39, 0.29) is 0 Å². The zero-order valence-corrected chi connectivity index (χ0v) is 15.6. The van der Waals surface area contributed by atoms with Crippen molar-refractivity contribution >= 4 is 11.3 Å². The number of hydrogen-bond donors (Lipinski definition) is 2. The van der Waals surface area contributed by atoms with Gasteiger partial charge in [-0.3, -0.25) is 0 Å². The molecule has 2 N–H and O–H groups in total. The molecule has 1 aromatic heterocycles. The molecule has 1 fully saturated rings. The van der Waals surface area contributed by atoms with Gasteiger partial charge in [0.05, 0.1) is 18.4 Å². The van der Waals surface area contributed by atoms with Crippen LogP contribution in [0.4, 0.5) is 0 Å². The van der Waals surface area contributed by atoms with Crippen molar-refractivity contribution in [2.45, 2.75) is 56.6 Å². The molecule has 1 heterocycles. The number of thiazole rings is 1. The third kappa shape index (κ3) is 3.59. The van der Waals surface area contributed by atoms with Crippen molar-refractivity contribution in [3.05, 3.63) is 34.8 Å². The monoisotopic (exact) mass is 358 g/mol. The first-order valence-electron chi connectivity index (χ1n) is 9.27. The normalized spacial score (nSPS) is 21.4. The second kappa shape index (κ2) is 7.06. The van der Waals surface area contributed by atoms with E-state index in [2.05, 4.69) is 17.4 Å². The summed E-state index contributed by atoms with van der Waals surface area (Å²) < 4.78 is 5.24. The topological polar surface area (TPSA) is 54.4 Å². The number of nitrogens with zero attached hydrogens (tertiary/aromatic N) is 1. The summed E-state index contributed by atoms with van der Waals surface area (Å²) in [6.07, 6.45) is 7.38. The van der Waals surface area contributed by atoms with E-state index in [9.17, 15) is 5.11 Å². The van der Waals surface area contributed by atoms with Crippen LogP contribution in [0, 0.1) is 0 Å². The van der Waals surface area contributed by atoms with Gasteiger partial charge >= 0.3 is 0 Å². The van der Waals surface area contributed by atoms with E-state index in [1.54, 1.807) is 7.11 Å². The van der Waals surface area contributed by atoms with Gasteiger partial charge in [-0.1, -0.05) is 0 Å². The molecule has 2 aliphatic carbocycles. The van der Waals surface area contributed by atoms with Gasteiger partial charge in [0, 0.05) is 16.5 Å². The largest absolute Gasteiger partial charge is 0.497 e. The molecule has 134 valence electrons. The molecule has 0 bridgehead atoms. The van der Waals surface area contributed by atoms with Crippen LogP contribution in [0.25, 0.3) is 10.6 Å². The third-order valence-electron chi connectivity index (χ3n) is 5.55. The van der Waals surface area contributed by atoms with Crippen molar-refractivity contribution in [3.63, 3.8) is 0 Å². The fourth-order valence-electron chi connectivity index (χ4n) is 3.79.